The Hall–Kier alpha value is -1.47. The smallest absolute Gasteiger partial charge is 0.183 e. The summed E-state index contributed by atoms with van der Waals surface area (Å²) in [5.74, 6) is -0.714. The van der Waals surface area contributed by atoms with Gasteiger partial charge < -0.3 is 5.11 Å². The Balaban J connectivity index is 3.21. The largest absolute Gasteiger partial charge is 0.393 e. The number of hydrogen-bond acceptors (Lipinski definition) is 10. The van der Waals surface area contributed by atoms with E-state index in [2.05, 4.69) is 14.7 Å². The first-order valence-corrected chi connectivity index (χ1v) is 7.95. The van der Waals surface area contributed by atoms with Crippen LogP contribution in [0.15, 0.2) is 30.3 Å². The Morgan fingerprint density at radius 3 is 2.00 bits per heavy atom. The molecular weight excluding hydrogens is 364 g/mol. The van der Waals surface area contributed by atoms with Gasteiger partial charge in [0.1, 0.15) is 6.10 Å². The van der Waals surface area contributed by atoms with E-state index in [1.807, 2.05) is 0 Å². The molecule has 154 valence electrons. The molecule has 0 aliphatic heterocycles. The van der Waals surface area contributed by atoms with Gasteiger partial charge in [-0.1, -0.05) is 30.3 Å². The molecule has 0 radical (unpaired) electrons. The fourth-order valence-corrected chi connectivity index (χ4v) is 2.30. The molecule has 0 amide bonds. The first-order chi connectivity index (χ1) is 13.5. The average molecular weight is 391 g/mol. The molecule has 0 fully saturated rings. The SMILES string of the molecule is [2H]C(C(=O)[C@H](OOC)[C@H](OOC)[C@H](OOC)[C@@H](CO)OOC)c1ccccc1. The fraction of sp³-hybridized carbons (Fsp3) is 0.588. The van der Waals surface area contributed by atoms with Gasteiger partial charge in [0.2, 0.25) is 0 Å². The minimum Gasteiger partial charge on any atom is -0.393 e. The molecule has 10 nitrogen and oxygen atoms in total. The number of aliphatic hydroxyl groups is 1. The second-order valence-electron chi connectivity index (χ2n) is 5.08. The van der Waals surface area contributed by atoms with Crippen LogP contribution in [0.25, 0.3) is 0 Å². The lowest BCUT2D eigenvalue weighted by Crippen LogP contribution is -2.53. The topological polar surface area (TPSA) is 111 Å². The van der Waals surface area contributed by atoms with Gasteiger partial charge in [0, 0.05) is 7.77 Å². The van der Waals surface area contributed by atoms with Gasteiger partial charge in [0.25, 0.3) is 0 Å². The van der Waals surface area contributed by atoms with Crippen molar-refractivity contribution in [3.05, 3.63) is 35.9 Å². The number of aliphatic hydroxyl groups excluding tert-OH is 1. The van der Waals surface area contributed by atoms with Gasteiger partial charge in [-0.2, -0.15) is 0 Å². The van der Waals surface area contributed by atoms with Crippen molar-refractivity contribution in [3.63, 3.8) is 0 Å². The Morgan fingerprint density at radius 2 is 1.48 bits per heavy atom. The third-order valence-corrected chi connectivity index (χ3v) is 3.39. The van der Waals surface area contributed by atoms with Gasteiger partial charge in [-0.3, -0.25) is 4.79 Å². The van der Waals surface area contributed by atoms with Crippen LogP contribution in [0.2, 0.25) is 0 Å². The van der Waals surface area contributed by atoms with Crippen LogP contribution >= 0.6 is 0 Å². The molecule has 0 saturated heterocycles. The molecule has 1 rings (SSSR count). The number of benzene rings is 1. The van der Waals surface area contributed by atoms with Crippen LogP contribution in [-0.4, -0.2) is 70.4 Å². The maximum Gasteiger partial charge on any atom is 0.183 e. The van der Waals surface area contributed by atoms with Crippen molar-refractivity contribution >= 4 is 5.78 Å². The van der Waals surface area contributed by atoms with Crippen molar-refractivity contribution in [2.45, 2.75) is 30.8 Å². The first-order valence-electron chi connectivity index (χ1n) is 8.53. The lowest BCUT2D eigenvalue weighted by molar-refractivity contribution is -0.435. The molecule has 0 saturated carbocycles. The highest BCUT2D eigenvalue weighted by Gasteiger charge is 2.44. The number of carbonyl (C=O) groups excluding carboxylic acids is 1. The van der Waals surface area contributed by atoms with Crippen LogP contribution in [0.5, 0.6) is 0 Å². The quantitative estimate of drug-likeness (QED) is 0.336. The summed E-state index contributed by atoms with van der Waals surface area (Å²) in [4.78, 5) is 51.9. The van der Waals surface area contributed by atoms with Crippen LogP contribution in [0, 0.1) is 0 Å². The molecule has 1 unspecified atom stereocenters. The standard InChI is InChI=1S/C17H26O10/c1-20-24-14(11-18)16(26-22-3)17(27-23-4)15(25-21-2)13(19)10-12-8-6-5-7-9-12/h5-9,14-18H,10-11H2,1-4H3/t14-,15+,16-,17+/m1/s1/i10D/t10?,14-,15+,16-,17+. The molecule has 5 atom stereocenters. The molecule has 0 aromatic heterocycles. The third kappa shape index (κ3) is 7.58. The summed E-state index contributed by atoms with van der Waals surface area (Å²) in [6.07, 6.45) is -6.59. The molecule has 1 aromatic rings. The van der Waals surface area contributed by atoms with Crippen molar-refractivity contribution in [1.29, 1.82) is 0 Å². The molecule has 0 aliphatic carbocycles. The van der Waals surface area contributed by atoms with Crippen molar-refractivity contribution < 1.29 is 50.4 Å². The number of ketones is 1. The highest BCUT2D eigenvalue weighted by atomic mass is 17.2. The predicted octanol–water partition coefficient (Wildman–Crippen LogP) is 0.577. The van der Waals surface area contributed by atoms with Gasteiger partial charge in [-0.25, -0.2) is 39.1 Å². The monoisotopic (exact) mass is 391 g/mol. The van der Waals surface area contributed by atoms with Crippen LogP contribution in [0.4, 0.5) is 0 Å². The molecule has 0 aliphatic rings. The van der Waals surface area contributed by atoms with Gasteiger partial charge in [-0.15, -0.1) is 0 Å². The van der Waals surface area contributed by atoms with Crippen LogP contribution < -0.4 is 0 Å². The third-order valence-electron chi connectivity index (χ3n) is 3.39. The average Bonchev–Trinajstić information content (AvgIpc) is 2.73. The van der Waals surface area contributed by atoms with Crippen LogP contribution in [-0.2, 0) is 50.3 Å². The molecule has 0 bridgehead atoms. The number of hydrogen-bond donors (Lipinski definition) is 1. The maximum absolute atomic E-state index is 13.0. The van der Waals surface area contributed by atoms with E-state index >= 15 is 0 Å². The molecule has 1 N–H and O–H groups in total. The zero-order chi connectivity index (χ0) is 20.9. The van der Waals surface area contributed by atoms with Gasteiger partial charge in [0.05, 0.1) is 35.0 Å². The normalized spacial score (nSPS) is 17.6. The summed E-state index contributed by atoms with van der Waals surface area (Å²) in [6, 6.07) is 8.41. The minimum absolute atomic E-state index is 0.435. The zero-order valence-corrected chi connectivity index (χ0v) is 15.6. The van der Waals surface area contributed by atoms with E-state index in [1.165, 1.54) is 28.4 Å². The highest BCUT2D eigenvalue weighted by molar-refractivity contribution is 5.85. The highest BCUT2D eigenvalue weighted by Crippen LogP contribution is 2.20. The first kappa shape index (κ1) is 21.8. The summed E-state index contributed by atoms with van der Waals surface area (Å²) in [6.45, 7) is -0.581. The van der Waals surface area contributed by atoms with Crippen LogP contribution in [0.3, 0.4) is 0 Å². The van der Waals surface area contributed by atoms with E-state index in [-0.39, 0.29) is 0 Å². The minimum atomic E-state index is -1.50. The van der Waals surface area contributed by atoms with Crippen molar-refractivity contribution in [2.24, 2.45) is 0 Å². The summed E-state index contributed by atoms with van der Waals surface area (Å²) in [7, 11) is 4.82. The fourth-order valence-electron chi connectivity index (χ4n) is 2.30. The van der Waals surface area contributed by atoms with Gasteiger partial charge in [-0.05, 0) is 5.56 Å². The zero-order valence-electron chi connectivity index (χ0n) is 16.6. The van der Waals surface area contributed by atoms with Gasteiger partial charge >= 0.3 is 0 Å². The number of carbonyl (C=O) groups is 1. The summed E-state index contributed by atoms with van der Waals surface area (Å²) < 4.78 is 8.27. The van der Waals surface area contributed by atoms with E-state index in [0.29, 0.717) is 5.56 Å². The van der Waals surface area contributed by atoms with Crippen molar-refractivity contribution in [1.82, 2.24) is 0 Å². The molecule has 1 aromatic carbocycles. The lowest BCUT2D eigenvalue weighted by Gasteiger charge is -2.32. The van der Waals surface area contributed by atoms with Crippen molar-refractivity contribution in [2.75, 3.05) is 35.0 Å². The van der Waals surface area contributed by atoms with Gasteiger partial charge in [0.15, 0.2) is 24.1 Å². The summed E-state index contributed by atoms with van der Waals surface area (Å²) in [5.41, 5.74) is 0.435. The Kier molecular flexibility index (Phi) is 11.0. The Labute approximate surface area is 158 Å². The Bertz CT molecular complexity index is 546. The number of rotatable bonds is 15. The molecular formula is C17H26O10. The van der Waals surface area contributed by atoms with E-state index < -0.39 is 43.2 Å². The second kappa shape index (κ2) is 13.7. The predicted molar refractivity (Wildman–Crippen MR) is 89.8 cm³/mol. The molecule has 0 heterocycles. The van der Waals surface area contributed by atoms with E-state index in [0.717, 1.165) is 0 Å². The summed E-state index contributed by atoms with van der Waals surface area (Å²) >= 11 is 0. The molecule has 27 heavy (non-hydrogen) atoms. The molecule has 10 heteroatoms. The van der Waals surface area contributed by atoms with Crippen LogP contribution in [0.1, 0.15) is 6.93 Å². The van der Waals surface area contributed by atoms with E-state index in [1.54, 1.807) is 30.3 Å². The second-order valence-corrected chi connectivity index (χ2v) is 5.08. The Morgan fingerprint density at radius 1 is 0.926 bits per heavy atom. The number of Topliss-reactive ketones (excluding diaryl/α,β-unsaturated/α-hetero) is 1. The lowest BCUT2D eigenvalue weighted by atomic mass is 9.96. The molecule has 0 spiro atoms. The maximum atomic E-state index is 13.0. The summed E-state index contributed by atoms with van der Waals surface area (Å²) in [5, 5.41) is 9.58. The van der Waals surface area contributed by atoms with E-state index in [9.17, 15) is 9.90 Å². The van der Waals surface area contributed by atoms with E-state index in [4.69, 9.17) is 25.8 Å². The van der Waals surface area contributed by atoms with Crippen molar-refractivity contribution in [3.8, 4) is 0 Å².